The molecule has 0 saturated heterocycles. The fourth-order valence-electron chi connectivity index (χ4n) is 0.192. The molecule has 0 saturated carbocycles. The lowest BCUT2D eigenvalue weighted by molar-refractivity contribution is -0.163. The van der Waals surface area contributed by atoms with E-state index in [0.717, 1.165) is 13.8 Å². The monoisotopic (exact) mass is 254 g/mol. The fraction of sp³-hybridized carbons (Fsp3) is 0.500. The minimum atomic E-state index is -1.06. The van der Waals surface area contributed by atoms with Gasteiger partial charge in [0, 0.05) is 13.8 Å². The number of aliphatic hydroxyl groups excluding tert-OH is 2. The molecule has 0 rings (SSSR count). The van der Waals surface area contributed by atoms with E-state index in [2.05, 4.69) is 4.74 Å². The molecule has 4 N–H and O–H groups in total. The van der Waals surface area contributed by atoms with Gasteiger partial charge < -0.3 is 25.2 Å². The number of hydrogen-bond donors (Lipinski definition) is 4. The summed E-state index contributed by atoms with van der Waals surface area (Å²) in [6.45, 7) is 0.456. The van der Waals surface area contributed by atoms with E-state index in [1.165, 1.54) is 0 Å². The number of hydrogen-bond acceptors (Lipinski definition) is 7. The van der Waals surface area contributed by atoms with Gasteiger partial charge in [-0.15, -0.1) is 0 Å². The number of ether oxygens (including phenoxy) is 1. The molecule has 0 bridgehead atoms. The standard InChI is InChI=1S/C4H6O5.2C2H4O2/c5-1-3(7)9-4(8)2-6;2*1-2(3)4/h5-6H,1-2H2;2*1H3,(H,3,4). The lowest BCUT2D eigenvalue weighted by atomic mass is 10.7. The molecule has 0 aliphatic carbocycles. The van der Waals surface area contributed by atoms with Crippen molar-refractivity contribution < 1.29 is 44.3 Å². The van der Waals surface area contributed by atoms with Gasteiger partial charge in [0.05, 0.1) is 0 Å². The third kappa shape index (κ3) is 56.0. The lowest BCUT2D eigenvalue weighted by Crippen LogP contribution is -2.17. The summed E-state index contributed by atoms with van der Waals surface area (Å²) in [6.07, 6.45) is 0. The highest BCUT2D eigenvalue weighted by Crippen LogP contribution is 1.76. The van der Waals surface area contributed by atoms with Crippen molar-refractivity contribution >= 4 is 23.9 Å². The summed E-state index contributed by atoms with van der Waals surface area (Å²) >= 11 is 0. The average molecular weight is 254 g/mol. The first-order chi connectivity index (χ1) is 7.67. The van der Waals surface area contributed by atoms with Crippen molar-refractivity contribution in [3.05, 3.63) is 0 Å². The van der Waals surface area contributed by atoms with Crippen LogP contribution in [0.25, 0.3) is 0 Å². The van der Waals surface area contributed by atoms with Gasteiger partial charge >= 0.3 is 11.9 Å². The van der Waals surface area contributed by atoms with Crippen LogP contribution in [-0.4, -0.2) is 57.5 Å². The molecule has 0 atom stereocenters. The highest BCUT2D eigenvalue weighted by Gasteiger charge is 2.05. The van der Waals surface area contributed by atoms with Crippen LogP contribution in [0.15, 0.2) is 0 Å². The summed E-state index contributed by atoms with van der Waals surface area (Å²) in [5.41, 5.74) is 0. The molecular weight excluding hydrogens is 240 g/mol. The minimum absolute atomic E-state index is 0.833. The first kappa shape index (κ1) is 20.4. The highest BCUT2D eigenvalue weighted by molar-refractivity contribution is 5.86. The van der Waals surface area contributed by atoms with E-state index in [9.17, 15) is 9.59 Å². The molecule has 17 heavy (non-hydrogen) atoms. The summed E-state index contributed by atoms with van der Waals surface area (Å²) in [4.78, 5) is 38.0. The van der Waals surface area contributed by atoms with Gasteiger partial charge in [0.15, 0.2) is 0 Å². The van der Waals surface area contributed by atoms with Gasteiger partial charge in [-0.1, -0.05) is 0 Å². The maximum Gasteiger partial charge on any atom is 0.339 e. The number of aliphatic hydroxyl groups is 2. The zero-order chi connectivity index (χ0) is 14.4. The van der Waals surface area contributed by atoms with Crippen molar-refractivity contribution in [2.75, 3.05) is 13.2 Å². The quantitative estimate of drug-likeness (QED) is 0.330. The lowest BCUT2D eigenvalue weighted by Gasteiger charge is -1.94. The van der Waals surface area contributed by atoms with Crippen molar-refractivity contribution in [2.24, 2.45) is 0 Å². The van der Waals surface area contributed by atoms with Gasteiger partial charge in [0.25, 0.3) is 11.9 Å². The largest absolute Gasteiger partial charge is 0.481 e. The van der Waals surface area contributed by atoms with Crippen molar-refractivity contribution in [2.45, 2.75) is 13.8 Å². The topological polar surface area (TPSA) is 158 Å². The van der Waals surface area contributed by atoms with Crippen molar-refractivity contribution in [1.82, 2.24) is 0 Å². The number of carboxylic acids is 2. The summed E-state index contributed by atoms with van der Waals surface area (Å²) in [7, 11) is 0. The number of carbonyl (C=O) groups excluding carboxylic acids is 2. The average Bonchev–Trinajstić information content (AvgIpc) is 2.15. The van der Waals surface area contributed by atoms with Crippen LogP contribution in [0.3, 0.4) is 0 Å². The van der Waals surface area contributed by atoms with E-state index in [-0.39, 0.29) is 0 Å². The third-order valence-electron chi connectivity index (χ3n) is 0.486. The van der Waals surface area contributed by atoms with Gasteiger partial charge in [-0.25, -0.2) is 9.59 Å². The van der Waals surface area contributed by atoms with E-state index < -0.39 is 37.1 Å². The Morgan fingerprint density at radius 3 is 1.12 bits per heavy atom. The second kappa shape index (κ2) is 14.0. The van der Waals surface area contributed by atoms with Crippen LogP contribution in [0.5, 0.6) is 0 Å². The molecule has 0 fully saturated rings. The van der Waals surface area contributed by atoms with E-state index in [4.69, 9.17) is 30.0 Å². The van der Waals surface area contributed by atoms with Crippen LogP contribution in [0.1, 0.15) is 13.8 Å². The SMILES string of the molecule is CC(=O)O.CC(=O)O.O=C(CO)OC(=O)CO. The molecule has 9 heteroatoms. The van der Waals surface area contributed by atoms with Crippen molar-refractivity contribution in [3.8, 4) is 0 Å². The number of aliphatic carboxylic acids is 2. The van der Waals surface area contributed by atoms with Crippen LogP contribution in [0.2, 0.25) is 0 Å². The predicted molar refractivity (Wildman–Crippen MR) is 51.9 cm³/mol. The highest BCUT2D eigenvalue weighted by atomic mass is 16.6. The fourth-order valence-corrected chi connectivity index (χ4v) is 0.192. The van der Waals surface area contributed by atoms with Crippen molar-refractivity contribution in [1.29, 1.82) is 0 Å². The van der Waals surface area contributed by atoms with Crippen LogP contribution in [-0.2, 0) is 23.9 Å². The number of carbonyl (C=O) groups is 4. The number of rotatable bonds is 2. The molecule has 0 aromatic rings. The second-order valence-electron chi connectivity index (χ2n) is 2.20. The summed E-state index contributed by atoms with van der Waals surface area (Å²) in [6, 6.07) is 0. The second-order valence-corrected chi connectivity index (χ2v) is 2.20. The zero-order valence-corrected chi connectivity index (χ0v) is 9.24. The maximum atomic E-state index is 9.98. The summed E-state index contributed by atoms with van der Waals surface area (Å²) in [5, 5.41) is 30.8. The maximum absolute atomic E-state index is 9.98. The van der Waals surface area contributed by atoms with Crippen molar-refractivity contribution in [3.63, 3.8) is 0 Å². The Hall–Kier alpha value is -2.00. The molecule has 0 spiro atoms. The Morgan fingerprint density at radius 1 is 0.824 bits per heavy atom. The van der Waals surface area contributed by atoms with E-state index >= 15 is 0 Å². The Balaban J connectivity index is -0.000000205. The molecule has 0 unspecified atom stereocenters. The van der Waals surface area contributed by atoms with Gasteiger partial charge in [0.1, 0.15) is 13.2 Å². The molecule has 100 valence electrons. The molecule has 0 aromatic carbocycles. The number of carboxylic acid groups (broad SMARTS) is 2. The molecule has 0 radical (unpaired) electrons. The number of esters is 2. The Morgan fingerprint density at radius 2 is 1.00 bits per heavy atom. The molecular formula is C8H14O9. The van der Waals surface area contributed by atoms with Crippen LogP contribution in [0.4, 0.5) is 0 Å². The minimum Gasteiger partial charge on any atom is -0.481 e. The Bertz CT molecular complexity index is 224. The molecule has 0 aliphatic heterocycles. The van der Waals surface area contributed by atoms with Gasteiger partial charge in [-0.2, -0.15) is 0 Å². The zero-order valence-electron chi connectivity index (χ0n) is 9.24. The molecule has 0 aromatic heterocycles. The Labute approximate surface area is 96.2 Å². The predicted octanol–water partition coefficient (Wildman–Crippen LogP) is -1.78. The molecule has 0 amide bonds. The normalized spacial score (nSPS) is 7.53. The first-order valence-electron chi connectivity index (χ1n) is 4.01. The molecule has 9 nitrogen and oxygen atoms in total. The van der Waals surface area contributed by atoms with E-state index in [1.807, 2.05) is 0 Å². The Kier molecular flexibility index (Phi) is 16.8. The molecule has 0 aliphatic rings. The molecule has 0 heterocycles. The summed E-state index contributed by atoms with van der Waals surface area (Å²) < 4.78 is 3.77. The van der Waals surface area contributed by atoms with Gasteiger partial charge in [-0.3, -0.25) is 9.59 Å². The van der Waals surface area contributed by atoms with Gasteiger partial charge in [-0.05, 0) is 0 Å². The third-order valence-corrected chi connectivity index (χ3v) is 0.486. The summed E-state index contributed by atoms with van der Waals surface area (Å²) in [5.74, 6) is -3.79. The first-order valence-corrected chi connectivity index (χ1v) is 4.01. The van der Waals surface area contributed by atoms with E-state index in [0.29, 0.717) is 0 Å². The van der Waals surface area contributed by atoms with Crippen LogP contribution < -0.4 is 0 Å². The smallest absolute Gasteiger partial charge is 0.339 e. The van der Waals surface area contributed by atoms with Crippen LogP contribution in [0, 0.1) is 0 Å². The van der Waals surface area contributed by atoms with Crippen LogP contribution >= 0.6 is 0 Å². The van der Waals surface area contributed by atoms with Gasteiger partial charge in [0.2, 0.25) is 0 Å². The van der Waals surface area contributed by atoms with E-state index in [1.54, 1.807) is 0 Å².